The lowest BCUT2D eigenvalue weighted by Crippen LogP contribution is -2.29. The number of benzene rings is 2. The van der Waals surface area contributed by atoms with Crippen LogP contribution < -0.4 is 15.0 Å². The highest BCUT2D eigenvalue weighted by molar-refractivity contribution is 8.03. The monoisotopic (exact) mass is 474 g/mol. The summed E-state index contributed by atoms with van der Waals surface area (Å²) in [5.41, 5.74) is 2.38. The van der Waals surface area contributed by atoms with E-state index in [1.807, 2.05) is 42.5 Å². The van der Waals surface area contributed by atoms with Crippen LogP contribution in [0.4, 0.5) is 5.69 Å². The predicted octanol–water partition coefficient (Wildman–Crippen LogP) is 4.57. The Morgan fingerprint density at radius 1 is 1.06 bits per heavy atom. The van der Waals surface area contributed by atoms with Gasteiger partial charge < -0.3 is 15.0 Å². The summed E-state index contributed by atoms with van der Waals surface area (Å²) in [6.45, 7) is 1.55. The first kappa shape index (κ1) is 23.4. The molecule has 1 heterocycles. The maximum atomic E-state index is 12.1. The molecule has 0 unspecified atom stereocenters. The first-order valence-electron chi connectivity index (χ1n) is 9.89. The Labute approximate surface area is 195 Å². The topological polar surface area (TPSA) is 67.3 Å². The zero-order valence-electron chi connectivity index (χ0n) is 17.6. The first-order valence-corrected chi connectivity index (χ1v) is 12.7. The molecule has 31 heavy (non-hydrogen) atoms. The molecule has 1 N–H and O–H groups in total. The summed E-state index contributed by atoms with van der Waals surface area (Å²) in [5.74, 6) is 2.05. The molecule has 0 spiro atoms. The van der Waals surface area contributed by atoms with E-state index in [-0.39, 0.29) is 5.91 Å². The third kappa shape index (κ3) is 8.08. The van der Waals surface area contributed by atoms with E-state index in [1.54, 1.807) is 18.9 Å². The number of methoxy groups -OCH3 is 1. The van der Waals surface area contributed by atoms with Crippen LogP contribution >= 0.6 is 34.9 Å². The third-order valence-electron chi connectivity index (χ3n) is 4.43. The van der Waals surface area contributed by atoms with Crippen molar-refractivity contribution in [2.24, 2.45) is 0 Å². The normalized spacial score (nSPS) is 10.6. The van der Waals surface area contributed by atoms with Crippen LogP contribution in [0.15, 0.2) is 63.3 Å². The molecule has 1 amide bonds. The zero-order chi connectivity index (χ0) is 21.9. The Bertz CT molecular complexity index is 935. The van der Waals surface area contributed by atoms with Gasteiger partial charge in [-0.25, -0.2) is 0 Å². The number of nitrogens with zero attached hydrogens (tertiary/aromatic N) is 3. The molecule has 0 bridgehead atoms. The van der Waals surface area contributed by atoms with Crippen molar-refractivity contribution >= 4 is 46.5 Å². The molecule has 0 aliphatic rings. The van der Waals surface area contributed by atoms with Gasteiger partial charge in [0.15, 0.2) is 8.68 Å². The molecule has 2 aromatic carbocycles. The van der Waals surface area contributed by atoms with E-state index in [0.717, 1.165) is 33.1 Å². The largest absolute Gasteiger partial charge is 0.497 e. The molecule has 0 saturated heterocycles. The molecule has 0 aliphatic carbocycles. The highest BCUT2D eigenvalue weighted by atomic mass is 32.2. The van der Waals surface area contributed by atoms with Crippen LogP contribution in [0.2, 0.25) is 0 Å². The van der Waals surface area contributed by atoms with Crippen molar-refractivity contribution in [3.8, 4) is 5.75 Å². The number of amides is 1. The SMILES string of the molecule is COc1ccc(CSc2nnc(SCC(=O)NCCCN(C)c3ccccc3)s2)cc1. The second kappa shape index (κ2) is 12.6. The fourth-order valence-corrected chi connectivity index (χ4v) is 5.52. The van der Waals surface area contributed by atoms with Crippen molar-refractivity contribution < 1.29 is 9.53 Å². The highest BCUT2D eigenvalue weighted by Crippen LogP contribution is 2.30. The Morgan fingerprint density at radius 2 is 1.77 bits per heavy atom. The molecular weight excluding hydrogens is 448 g/mol. The molecule has 1 aromatic heterocycles. The number of hydrogen-bond donors (Lipinski definition) is 1. The van der Waals surface area contributed by atoms with Crippen molar-refractivity contribution in [1.29, 1.82) is 0 Å². The van der Waals surface area contributed by atoms with Crippen LogP contribution in [-0.2, 0) is 10.5 Å². The van der Waals surface area contributed by atoms with Crippen molar-refractivity contribution in [1.82, 2.24) is 15.5 Å². The molecular formula is C22H26N4O2S3. The molecule has 0 aliphatic heterocycles. The third-order valence-corrected chi connectivity index (χ3v) is 7.69. The first-order chi connectivity index (χ1) is 15.1. The summed E-state index contributed by atoms with van der Waals surface area (Å²) in [7, 11) is 3.72. The number of carbonyl (C=O) groups is 1. The Kier molecular flexibility index (Phi) is 9.51. The van der Waals surface area contributed by atoms with Gasteiger partial charge in [0.25, 0.3) is 0 Å². The number of thioether (sulfide) groups is 2. The van der Waals surface area contributed by atoms with Gasteiger partial charge in [0, 0.05) is 31.6 Å². The fourth-order valence-electron chi connectivity index (χ4n) is 2.71. The Balaban J connectivity index is 1.31. The Hall–Kier alpha value is -2.23. The van der Waals surface area contributed by atoms with Gasteiger partial charge in [-0.3, -0.25) is 4.79 Å². The summed E-state index contributed by atoms with van der Waals surface area (Å²) in [6.07, 6.45) is 0.896. The maximum Gasteiger partial charge on any atom is 0.230 e. The summed E-state index contributed by atoms with van der Waals surface area (Å²) in [5, 5.41) is 11.4. The minimum atomic E-state index is 0.0231. The van der Waals surface area contributed by atoms with Crippen LogP contribution in [-0.4, -0.2) is 49.1 Å². The van der Waals surface area contributed by atoms with Gasteiger partial charge in [-0.1, -0.05) is 65.2 Å². The molecule has 164 valence electrons. The maximum absolute atomic E-state index is 12.1. The van der Waals surface area contributed by atoms with Gasteiger partial charge in [0.1, 0.15) is 5.75 Å². The van der Waals surface area contributed by atoms with Gasteiger partial charge in [0.05, 0.1) is 12.9 Å². The lowest BCUT2D eigenvalue weighted by molar-refractivity contribution is -0.118. The van der Waals surface area contributed by atoms with E-state index < -0.39 is 0 Å². The molecule has 3 aromatic rings. The van der Waals surface area contributed by atoms with Crippen molar-refractivity contribution in [2.75, 3.05) is 37.9 Å². The number of ether oxygens (including phenoxy) is 1. The van der Waals surface area contributed by atoms with Crippen LogP contribution in [0.1, 0.15) is 12.0 Å². The average molecular weight is 475 g/mol. The van der Waals surface area contributed by atoms with Gasteiger partial charge in [0.2, 0.25) is 5.91 Å². The van der Waals surface area contributed by atoms with Crippen molar-refractivity contribution in [3.63, 3.8) is 0 Å². The van der Waals surface area contributed by atoms with Gasteiger partial charge in [-0.2, -0.15) is 0 Å². The fraction of sp³-hybridized carbons (Fsp3) is 0.318. The summed E-state index contributed by atoms with van der Waals surface area (Å²) in [6, 6.07) is 18.2. The number of anilines is 1. The Morgan fingerprint density at radius 3 is 2.48 bits per heavy atom. The number of hydrogen-bond acceptors (Lipinski definition) is 8. The van der Waals surface area contributed by atoms with Gasteiger partial charge in [-0.15, -0.1) is 10.2 Å². The number of rotatable bonds is 12. The average Bonchev–Trinajstić information content (AvgIpc) is 3.28. The summed E-state index contributed by atoms with van der Waals surface area (Å²) >= 11 is 4.60. The van der Waals surface area contributed by atoms with Crippen LogP contribution in [0.25, 0.3) is 0 Å². The quantitative estimate of drug-likeness (QED) is 0.305. The van der Waals surface area contributed by atoms with E-state index in [0.29, 0.717) is 12.3 Å². The van der Waals surface area contributed by atoms with Crippen LogP contribution in [0, 0.1) is 0 Å². The minimum Gasteiger partial charge on any atom is -0.497 e. The molecule has 9 heteroatoms. The van der Waals surface area contributed by atoms with Crippen LogP contribution in [0.5, 0.6) is 5.75 Å². The van der Waals surface area contributed by atoms with E-state index in [4.69, 9.17) is 4.74 Å². The predicted molar refractivity (Wildman–Crippen MR) is 131 cm³/mol. The highest BCUT2D eigenvalue weighted by Gasteiger charge is 2.09. The molecule has 0 saturated carbocycles. The van der Waals surface area contributed by atoms with Gasteiger partial charge in [-0.05, 0) is 36.2 Å². The number of nitrogens with one attached hydrogen (secondary N) is 1. The number of para-hydroxylation sites is 1. The van der Waals surface area contributed by atoms with Crippen molar-refractivity contribution in [3.05, 3.63) is 60.2 Å². The smallest absolute Gasteiger partial charge is 0.230 e. The van der Waals surface area contributed by atoms with Crippen molar-refractivity contribution in [2.45, 2.75) is 20.9 Å². The van der Waals surface area contributed by atoms with E-state index in [9.17, 15) is 4.79 Å². The van der Waals surface area contributed by atoms with Gasteiger partial charge >= 0.3 is 0 Å². The standard InChI is InChI=1S/C22H26N4O2S3/c1-26(18-7-4-3-5-8-18)14-6-13-23-20(27)16-30-22-25-24-21(31-22)29-15-17-9-11-19(28-2)12-10-17/h3-5,7-12H,6,13-16H2,1-2H3,(H,23,27). The van der Waals surface area contributed by atoms with Crippen LogP contribution in [0.3, 0.4) is 0 Å². The minimum absolute atomic E-state index is 0.0231. The molecule has 0 radical (unpaired) electrons. The lowest BCUT2D eigenvalue weighted by atomic mass is 10.2. The molecule has 0 fully saturated rings. The summed E-state index contributed by atoms with van der Waals surface area (Å²) < 4.78 is 6.90. The number of aromatic nitrogens is 2. The second-order valence-electron chi connectivity index (χ2n) is 6.72. The molecule has 0 atom stereocenters. The van der Waals surface area contributed by atoms with E-state index in [1.165, 1.54) is 34.3 Å². The summed E-state index contributed by atoms with van der Waals surface area (Å²) in [4.78, 5) is 14.3. The van der Waals surface area contributed by atoms with E-state index >= 15 is 0 Å². The molecule has 6 nitrogen and oxygen atoms in total. The van der Waals surface area contributed by atoms with E-state index in [2.05, 4.69) is 39.6 Å². The lowest BCUT2D eigenvalue weighted by Gasteiger charge is -2.19. The zero-order valence-corrected chi connectivity index (χ0v) is 20.1. The molecule has 3 rings (SSSR count). The second-order valence-corrected chi connectivity index (χ2v) is 10.1. The number of carbonyl (C=O) groups excluding carboxylic acids is 1.